The number of hydrogen-bond donors (Lipinski definition) is 2. The highest BCUT2D eigenvalue weighted by molar-refractivity contribution is 7.89. The van der Waals surface area contributed by atoms with Gasteiger partial charge in [0.2, 0.25) is 10.0 Å². The molecule has 2 rings (SSSR count). The Bertz CT molecular complexity index is 521. The van der Waals surface area contributed by atoms with Crippen LogP contribution in [0.1, 0.15) is 18.9 Å². The van der Waals surface area contributed by atoms with E-state index in [-0.39, 0.29) is 11.5 Å². The summed E-state index contributed by atoms with van der Waals surface area (Å²) in [6.45, 7) is 2.44. The Morgan fingerprint density at radius 3 is 2.78 bits per heavy atom. The summed E-state index contributed by atoms with van der Waals surface area (Å²) in [4.78, 5) is 0.126. The van der Waals surface area contributed by atoms with E-state index in [0.717, 1.165) is 0 Å². The normalized spacial score (nSPS) is 24.3. The number of ether oxygens (including phenoxy) is 1. The first kappa shape index (κ1) is 13.5. The number of hydrogen-bond acceptors (Lipinski definition) is 4. The van der Waals surface area contributed by atoms with Crippen molar-refractivity contribution in [2.45, 2.75) is 30.4 Å². The number of aliphatic hydroxyl groups excluding tert-OH is 1. The number of aliphatic hydroxyl groups is 1. The third kappa shape index (κ3) is 2.72. The maximum atomic E-state index is 12.3. The summed E-state index contributed by atoms with van der Waals surface area (Å²) in [7, 11) is -3.63. The third-order valence-electron chi connectivity index (χ3n) is 3.03. The molecule has 1 atom stereocenters. The lowest BCUT2D eigenvalue weighted by Crippen LogP contribution is -2.46. The molecule has 1 aromatic carbocycles. The van der Waals surface area contributed by atoms with Gasteiger partial charge in [-0.25, -0.2) is 13.1 Å². The largest absolute Gasteiger partial charge is 0.392 e. The molecule has 1 aliphatic rings. The van der Waals surface area contributed by atoms with Crippen LogP contribution in [0, 0.1) is 0 Å². The van der Waals surface area contributed by atoms with Gasteiger partial charge in [0.25, 0.3) is 0 Å². The molecule has 1 aliphatic heterocycles. The van der Waals surface area contributed by atoms with E-state index in [1.54, 1.807) is 18.2 Å². The fraction of sp³-hybridized carbons (Fsp3) is 0.500. The molecule has 18 heavy (non-hydrogen) atoms. The van der Waals surface area contributed by atoms with Gasteiger partial charge in [-0.2, -0.15) is 0 Å². The topological polar surface area (TPSA) is 75.6 Å². The number of sulfonamides is 1. The lowest BCUT2D eigenvalue weighted by atomic mass is 10.0. The monoisotopic (exact) mass is 271 g/mol. The van der Waals surface area contributed by atoms with Gasteiger partial charge in [-0.1, -0.05) is 18.2 Å². The Morgan fingerprint density at radius 2 is 2.17 bits per heavy atom. The second-order valence-corrected chi connectivity index (χ2v) is 6.39. The molecule has 0 spiro atoms. The van der Waals surface area contributed by atoms with E-state index in [1.165, 1.54) is 6.07 Å². The van der Waals surface area contributed by atoms with Gasteiger partial charge < -0.3 is 9.84 Å². The summed E-state index contributed by atoms with van der Waals surface area (Å²) in [6, 6.07) is 6.43. The molecule has 100 valence electrons. The fourth-order valence-electron chi connectivity index (χ4n) is 2.02. The Morgan fingerprint density at radius 1 is 1.44 bits per heavy atom. The van der Waals surface area contributed by atoms with E-state index >= 15 is 0 Å². The standard InChI is InChI=1S/C12H17NO4S/c1-12(6-7-17-9-12)13-18(15,16)11-5-3-2-4-10(11)8-14/h2-5,13-14H,6-9H2,1H3. The molecule has 1 heterocycles. The smallest absolute Gasteiger partial charge is 0.241 e. The maximum absolute atomic E-state index is 12.3. The number of nitrogens with one attached hydrogen (secondary N) is 1. The van der Waals surface area contributed by atoms with E-state index in [9.17, 15) is 13.5 Å². The van der Waals surface area contributed by atoms with Gasteiger partial charge in [0, 0.05) is 6.61 Å². The molecular formula is C12H17NO4S. The van der Waals surface area contributed by atoms with Gasteiger partial charge >= 0.3 is 0 Å². The molecule has 0 radical (unpaired) electrons. The average Bonchev–Trinajstić information content (AvgIpc) is 2.74. The van der Waals surface area contributed by atoms with Crippen LogP contribution in [-0.2, 0) is 21.4 Å². The zero-order valence-corrected chi connectivity index (χ0v) is 11.0. The number of rotatable bonds is 4. The predicted octanol–water partition coefficient (Wildman–Crippen LogP) is 0.636. The Kier molecular flexibility index (Phi) is 3.72. The second-order valence-electron chi connectivity index (χ2n) is 4.73. The molecule has 0 saturated carbocycles. The van der Waals surface area contributed by atoms with E-state index < -0.39 is 15.6 Å². The van der Waals surface area contributed by atoms with E-state index in [0.29, 0.717) is 25.2 Å². The SMILES string of the molecule is CC1(NS(=O)(=O)c2ccccc2CO)CCOC1. The highest BCUT2D eigenvalue weighted by Gasteiger charge is 2.35. The van der Waals surface area contributed by atoms with E-state index in [4.69, 9.17) is 4.74 Å². The molecule has 1 fully saturated rings. The van der Waals surface area contributed by atoms with Crippen LogP contribution < -0.4 is 4.72 Å². The highest BCUT2D eigenvalue weighted by Crippen LogP contribution is 2.23. The van der Waals surface area contributed by atoms with Crippen LogP contribution in [0.15, 0.2) is 29.2 Å². The lowest BCUT2D eigenvalue weighted by Gasteiger charge is -2.23. The van der Waals surface area contributed by atoms with Crippen molar-refractivity contribution in [3.05, 3.63) is 29.8 Å². The molecule has 0 aromatic heterocycles. The van der Waals surface area contributed by atoms with Crippen molar-refractivity contribution >= 4 is 10.0 Å². The van der Waals surface area contributed by atoms with Crippen molar-refractivity contribution in [3.63, 3.8) is 0 Å². The van der Waals surface area contributed by atoms with Crippen molar-refractivity contribution in [1.82, 2.24) is 4.72 Å². The lowest BCUT2D eigenvalue weighted by molar-refractivity contribution is 0.178. The zero-order valence-electron chi connectivity index (χ0n) is 10.2. The molecule has 1 saturated heterocycles. The minimum atomic E-state index is -3.63. The quantitative estimate of drug-likeness (QED) is 0.842. The molecule has 0 bridgehead atoms. The molecule has 2 N–H and O–H groups in total. The second kappa shape index (κ2) is 4.97. The van der Waals surface area contributed by atoms with Gasteiger partial charge in [0.15, 0.2) is 0 Å². The van der Waals surface area contributed by atoms with Crippen LogP contribution in [0.5, 0.6) is 0 Å². The van der Waals surface area contributed by atoms with Crippen molar-refractivity contribution in [3.8, 4) is 0 Å². The number of benzene rings is 1. The van der Waals surface area contributed by atoms with Crippen LogP contribution in [0.25, 0.3) is 0 Å². The van der Waals surface area contributed by atoms with Crippen molar-refractivity contribution < 1.29 is 18.3 Å². The van der Waals surface area contributed by atoms with E-state index in [2.05, 4.69) is 4.72 Å². The fourth-order valence-corrected chi connectivity index (χ4v) is 3.68. The molecule has 6 heteroatoms. The molecule has 1 aromatic rings. The van der Waals surface area contributed by atoms with Crippen LogP contribution in [0.2, 0.25) is 0 Å². The molecule has 0 aliphatic carbocycles. The molecule has 5 nitrogen and oxygen atoms in total. The molecule has 1 unspecified atom stereocenters. The summed E-state index contributed by atoms with van der Waals surface area (Å²) >= 11 is 0. The summed E-state index contributed by atoms with van der Waals surface area (Å²) in [5, 5.41) is 9.19. The van der Waals surface area contributed by atoms with Crippen LogP contribution in [0.4, 0.5) is 0 Å². The van der Waals surface area contributed by atoms with Crippen molar-refractivity contribution in [2.24, 2.45) is 0 Å². The zero-order chi connectivity index (χ0) is 13.2. The van der Waals surface area contributed by atoms with Crippen molar-refractivity contribution in [2.75, 3.05) is 13.2 Å². The van der Waals surface area contributed by atoms with Crippen molar-refractivity contribution in [1.29, 1.82) is 0 Å². The van der Waals surface area contributed by atoms with Gasteiger partial charge in [-0.05, 0) is 25.0 Å². The summed E-state index contributed by atoms with van der Waals surface area (Å²) < 4.78 is 32.5. The summed E-state index contributed by atoms with van der Waals surface area (Å²) in [5.41, 5.74) is -0.172. The Labute approximate surface area is 107 Å². The van der Waals surface area contributed by atoms with Gasteiger partial charge in [0.05, 0.1) is 23.6 Å². The first-order chi connectivity index (χ1) is 8.47. The van der Waals surface area contributed by atoms with Crippen LogP contribution in [-0.4, -0.2) is 32.3 Å². The van der Waals surface area contributed by atoms with Gasteiger partial charge in [-0.15, -0.1) is 0 Å². The van der Waals surface area contributed by atoms with Gasteiger partial charge in [-0.3, -0.25) is 0 Å². The maximum Gasteiger partial charge on any atom is 0.241 e. The average molecular weight is 271 g/mol. The third-order valence-corrected chi connectivity index (χ3v) is 4.77. The van der Waals surface area contributed by atoms with E-state index in [1.807, 2.05) is 6.92 Å². The summed E-state index contributed by atoms with van der Waals surface area (Å²) in [6.07, 6.45) is 0.646. The first-order valence-corrected chi connectivity index (χ1v) is 7.26. The molecular weight excluding hydrogens is 254 g/mol. The minimum Gasteiger partial charge on any atom is -0.392 e. The van der Waals surface area contributed by atoms with Crippen LogP contribution in [0.3, 0.4) is 0 Å². The van der Waals surface area contributed by atoms with Gasteiger partial charge in [0.1, 0.15) is 0 Å². The molecule has 0 amide bonds. The first-order valence-electron chi connectivity index (χ1n) is 5.77. The highest BCUT2D eigenvalue weighted by atomic mass is 32.2. The summed E-state index contributed by atoms with van der Waals surface area (Å²) in [5.74, 6) is 0. The Balaban J connectivity index is 2.30. The minimum absolute atomic E-state index is 0.126. The predicted molar refractivity (Wildman–Crippen MR) is 66.5 cm³/mol. The Hall–Kier alpha value is -0.950. The van der Waals surface area contributed by atoms with Crippen LogP contribution >= 0.6 is 0 Å².